The Kier molecular flexibility index (Phi) is 5.02. The van der Waals surface area contributed by atoms with Crippen molar-refractivity contribution in [3.05, 3.63) is 48.3 Å². The second-order valence-electron chi connectivity index (χ2n) is 6.84. The van der Waals surface area contributed by atoms with Crippen LogP contribution < -0.4 is 5.32 Å². The van der Waals surface area contributed by atoms with E-state index >= 15 is 0 Å². The molecule has 0 spiro atoms. The average molecular weight is 381 g/mol. The van der Waals surface area contributed by atoms with Gasteiger partial charge in [-0.1, -0.05) is 6.07 Å². The maximum absolute atomic E-state index is 12.6. The number of piperazine rings is 1. The van der Waals surface area contributed by atoms with Crippen molar-refractivity contribution in [2.75, 3.05) is 31.5 Å². The summed E-state index contributed by atoms with van der Waals surface area (Å²) < 4.78 is 3.66. The number of tetrazole rings is 1. The highest BCUT2D eigenvalue weighted by molar-refractivity contribution is 5.89. The monoisotopic (exact) mass is 381 g/mol. The highest BCUT2D eigenvalue weighted by Crippen LogP contribution is 2.16. The first-order chi connectivity index (χ1) is 13.6. The Hall–Kier alpha value is -3.27. The lowest BCUT2D eigenvalue weighted by atomic mass is 10.2. The van der Waals surface area contributed by atoms with E-state index in [0.717, 1.165) is 31.1 Å². The molecular formula is C18H23N9O. The summed E-state index contributed by atoms with van der Waals surface area (Å²) in [6.07, 6.45) is 3.76. The predicted molar refractivity (Wildman–Crippen MR) is 103 cm³/mol. The number of rotatable bonds is 4. The standard InChI is InChI=1S/C18H23N9O/c1-14-21-22-23-27(14)16-5-3-4-15(12-16)20-18(28)26-10-8-25(9-11-26)13-17-19-6-7-24(17)2/h3-7,12H,8-11,13H2,1-2H3,(H,20,28). The van der Waals surface area contributed by atoms with E-state index in [0.29, 0.717) is 24.6 Å². The fourth-order valence-electron chi connectivity index (χ4n) is 3.25. The van der Waals surface area contributed by atoms with E-state index in [1.807, 2.05) is 60.1 Å². The van der Waals surface area contributed by atoms with E-state index in [4.69, 9.17) is 0 Å². The van der Waals surface area contributed by atoms with Crippen molar-refractivity contribution in [3.63, 3.8) is 0 Å². The van der Waals surface area contributed by atoms with Gasteiger partial charge in [0.1, 0.15) is 5.82 Å². The smallest absolute Gasteiger partial charge is 0.321 e. The zero-order valence-electron chi connectivity index (χ0n) is 16.0. The molecule has 2 amide bonds. The van der Waals surface area contributed by atoms with Crippen molar-refractivity contribution in [2.45, 2.75) is 13.5 Å². The molecule has 2 aromatic heterocycles. The molecule has 10 nitrogen and oxygen atoms in total. The maximum Gasteiger partial charge on any atom is 0.321 e. The Labute approximate surface area is 162 Å². The highest BCUT2D eigenvalue weighted by Gasteiger charge is 2.22. The van der Waals surface area contributed by atoms with Crippen LogP contribution in [0.15, 0.2) is 36.7 Å². The number of carbonyl (C=O) groups excluding carboxylic acids is 1. The first-order valence-corrected chi connectivity index (χ1v) is 9.20. The quantitative estimate of drug-likeness (QED) is 0.726. The number of amides is 2. The molecule has 10 heteroatoms. The second-order valence-corrected chi connectivity index (χ2v) is 6.84. The van der Waals surface area contributed by atoms with Crippen molar-refractivity contribution in [1.82, 2.24) is 39.6 Å². The third kappa shape index (κ3) is 3.86. The number of nitrogens with zero attached hydrogens (tertiary/aromatic N) is 8. The first-order valence-electron chi connectivity index (χ1n) is 9.20. The van der Waals surface area contributed by atoms with E-state index in [1.54, 1.807) is 4.68 Å². The van der Waals surface area contributed by atoms with Gasteiger partial charge >= 0.3 is 6.03 Å². The summed E-state index contributed by atoms with van der Waals surface area (Å²) in [5, 5.41) is 14.5. The summed E-state index contributed by atoms with van der Waals surface area (Å²) in [5.74, 6) is 1.72. The van der Waals surface area contributed by atoms with Crippen molar-refractivity contribution < 1.29 is 4.79 Å². The van der Waals surface area contributed by atoms with Gasteiger partial charge in [0.25, 0.3) is 0 Å². The Balaban J connectivity index is 1.34. The minimum absolute atomic E-state index is 0.0952. The van der Waals surface area contributed by atoms with E-state index in [1.165, 1.54) is 0 Å². The Bertz CT molecular complexity index is 955. The van der Waals surface area contributed by atoms with Crippen molar-refractivity contribution >= 4 is 11.7 Å². The fourth-order valence-corrected chi connectivity index (χ4v) is 3.25. The largest absolute Gasteiger partial charge is 0.337 e. The van der Waals surface area contributed by atoms with Gasteiger partial charge in [0.2, 0.25) is 0 Å². The van der Waals surface area contributed by atoms with Gasteiger partial charge in [0, 0.05) is 51.3 Å². The number of nitrogens with one attached hydrogen (secondary N) is 1. The molecule has 1 aliphatic heterocycles. The van der Waals surface area contributed by atoms with Gasteiger partial charge < -0.3 is 14.8 Å². The predicted octanol–water partition coefficient (Wildman–Crippen LogP) is 1.05. The van der Waals surface area contributed by atoms with E-state index in [2.05, 4.69) is 30.7 Å². The van der Waals surface area contributed by atoms with Crippen LogP contribution in [0.4, 0.5) is 10.5 Å². The normalized spacial score (nSPS) is 15.0. The number of benzene rings is 1. The molecule has 28 heavy (non-hydrogen) atoms. The number of urea groups is 1. The van der Waals surface area contributed by atoms with E-state index in [9.17, 15) is 4.79 Å². The minimum Gasteiger partial charge on any atom is -0.337 e. The third-order valence-corrected chi connectivity index (χ3v) is 4.91. The molecule has 3 heterocycles. The molecule has 1 fully saturated rings. The second kappa shape index (κ2) is 7.77. The highest BCUT2D eigenvalue weighted by atomic mass is 16.2. The van der Waals surface area contributed by atoms with Crippen LogP contribution in [0.1, 0.15) is 11.6 Å². The number of anilines is 1. The van der Waals surface area contributed by atoms with Gasteiger partial charge in [0.15, 0.2) is 5.82 Å². The van der Waals surface area contributed by atoms with Gasteiger partial charge in [-0.3, -0.25) is 4.90 Å². The lowest BCUT2D eigenvalue weighted by Gasteiger charge is -2.34. The van der Waals surface area contributed by atoms with Crippen LogP contribution in [0.5, 0.6) is 0 Å². The van der Waals surface area contributed by atoms with Gasteiger partial charge in [-0.15, -0.1) is 5.10 Å². The van der Waals surface area contributed by atoms with Crippen molar-refractivity contribution in [3.8, 4) is 5.69 Å². The average Bonchev–Trinajstić information content (AvgIpc) is 3.31. The van der Waals surface area contributed by atoms with Crippen LogP contribution in [-0.2, 0) is 13.6 Å². The molecule has 1 aromatic carbocycles. The molecule has 0 bridgehead atoms. The van der Waals surface area contributed by atoms with Gasteiger partial charge in [0.05, 0.1) is 12.2 Å². The molecule has 1 N–H and O–H groups in total. The first kappa shape index (κ1) is 18.1. The molecule has 4 rings (SSSR count). The Morgan fingerprint density at radius 2 is 2.04 bits per heavy atom. The fraction of sp³-hybridized carbons (Fsp3) is 0.389. The van der Waals surface area contributed by atoms with Gasteiger partial charge in [-0.2, -0.15) is 4.68 Å². The molecule has 0 unspecified atom stereocenters. The molecule has 0 aliphatic carbocycles. The Morgan fingerprint density at radius 3 is 2.71 bits per heavy atom. The van der Waals surface area contributed by atoms with Crippen LogP contribution in [0.2, 0.25) is 0 Å². The number of carbonyl (C=O) groups is 1. The van der Waals surface area contributed by atoms with Crippen molar-refractivity contribution in [2.24, 2.45) is 7.05 Å². The zero-order valence-corrected chi connectivity index (χ0v) is 16.0. The van der Waals surface area contributed by atoms with Gasteiger partial charge in [-0.25, -0.2) is 9.78 Å². The summed E-state index contributed by atoms with van der Waals surface area (Å²) in [6, 6.07) is 7.39. The topological polar surface area (TPSA) is 97.0 Å². The lowest BCUT2D eigenvalue weighted by molar-refractivity contribution is 0.140. The summed E-state index contributed by atoms with van der Waals surface area (Å²) in [6.45, 7) is 5.64. The summed E-state index contributed by atoms with van der Waals surface area (Å²) in [7, 11) is 2.00. The number of imidazole rings is 1. The summed E-state index contributed by atoms with van der Waals surface area (Å²) in [5.41, 5.74) is 1.52. The van der Waals surface area contributed by atoms with Crippen LogP contribution in [-0.4, -0.2) is 71.8 Å². The van der Waals surface area contributed by atoms with Crippen LogP contribution in [0.25, 0.3) is 5.69 Å². The molecule has 0 atom stereocenters. The molecule has 146 valence electrons. The van der Waals surface area contributed by atoms with Crippen LogP contribution in [0, 0.1) is 6.92 Å². The van der Waals surface area contributed by atoms with Crippen LogP contribution in [0.3, 0.4) is 0 Å². The number of aromatic nitrogens is 6. The number of hydrogen-bond acceptors (Lipinski definition) is 6. The molecule has 0 radical (unpaired) electrons. The van der Waals surface area contributed by atoms with E-state index in [-0.39, 0.29) is 6.03 Å². The summed E-state index contributed by atoms with van der Waals surface area (Å²) >= 11 is 0. The van der Waals surface area contributed by atoms with E-state index < -0.39 is 0 Å². The lowest BCUT2D eigenvalue weighted by Crippen LogP contribution is -2.49. The van der Waals surface area contributed by atoms with Crippen LogP contribution >= 0.6 is 0 Å². The number of hydrogen-bond donors (Lipinski definition) is 1. The minimum atomic E-state index is -0.0952. The number of aryl methyl sites for hydroxylation is 2. The third-order valence-electron chi connectivity index (χ3n) is 4.91. The molecule has 0 saturated carbocycles. The SMILES string of the molecule is Cc1nnnn1-c1cccc(NC(=O)N2CCN(Cc3nccn3C)CC2)c1. The van der Waals surface area contributed by atoms with Gasteiger partial charge in [-0.05, 0) is 35.5 Å². The molecule has 3 aromatic rings. The molecular weight excluding hydrogens is 358 g/mol. The zero-order chi connectivity index (χ0) is 19.5. The molecule has 1 aliphatic rings. The Morgan fingerprint density at radius 1 is 1.21 bits per heavy atom. The summed E-state index contributed by atoms with van der Waals surface area (Å²) in [4.78, 5) is 21.2. The van der Waals surface area contributed by atoms with Crippen molar-refractivity contribution in [1.29, 1.82) is 0 Å². The molecule has 1 saturated heterocycles. The maximum atomic E-state index is 12.6.